The Morgan fingerprint density at radius 3 is 1.86 bits per heavy atom. The molecule has 176 valence electrons. The third-order valence-electron chi connectivity index (χ3n) is 6.73. The van der Waals surface area contributed by atoms with E-state index in [1.807, 2.05) is 12.1 Å². The molecule has 0 aliphatic carbocycles. The van der Waals surface area contributed by atoms with Crippen molar-refractivity contribution in [1.29, 1.82) is 0 Å². The largest absolute Gasteiger partial charge is 0.355 e. The SMILES string of the molecule is c1ccc(N(c2cccc(-c3cc4ccccc4[nH]3)c2)c2cccc(-c3cc4ccccc4[nH]3)n2)cc1. The van der Waals surface area contributed by atoms with Crippen molar-refractivity contribution in [1.82, 2.24) is 15.0 Å². The standard InChI is InChI=1S/C33H24N4/c1-2-13-26(14-3-1)37(27-15-8-12-23(20-27)31-21-24-10-4-6-16-28(24)34-31)33-19-9-18-30(36-33)32-22-25-11-5-7-17-29(25)35-32/h1-22,34-35H. The molecule has 0 unspecified atom stereocenters. The van der Waals surface area contributed by atoms with Gasteiger partial charge in [-0.2, -0.15) is 0 Å². The molecule has 3 aromatic heterocycles. The molecule has 7 rings (SSSR count). The first kappa shape index (κ1) is 21.2. The molecule has 0 amide bonds. The molecule has 0 saturated heterocycles. The van der Waals surface area contributed by atoms with Crippen LogP contribution in [0.3, 0.4) is 0 Å². The van der Waals surface area contributed by atoms with E-state index in [1.165, 1.54) is 10.8 Å². The van der Waals surface area contributed by atoms with Crippen LogP contribution >= 0.6 is 0 Å². The molecule has 0 aliphatic rings. The zero-order chi connectivity index (χ0) is 24.6. The van der Waals surface area contributed by atoms with Crippen LogP contribution in [-0.2, 0) is 0 Å². The fourth-order valence-electron chi connectivity index (χ4n) is 4.94. The lowest BCUT2D eigenvalue weighted by molar-refractivity contribution is 1.17. The van der Waals surface area contributed by atoms with Gasteiger partial charge in [-0.05, 0) is 60.7 Å². The van der Waals surface area contributed by atoms with E-state index >= 15 is 0 Å². The van der Waals surface area contributed by atoms with E-state index in [-0.39, 0.29) is 0 Å². The Hall–Kier alpha value is -5.09. The van der Waals surface area contributed by atoms with Crippen LogP contribution < -0.4 is 4.90 Å². The molecule has 2 N–H and O–H groups in total. The Morgan fingerprint density at radius 1 is 0.486 bits per heavy atom. The molecule has 7 aromatic rings. The number of hydrogen-bond acceptors (Lipinski definition) is 2. The summed E-state index contributed by atoms with van der Waals surface area (Å²) in [6.45, 7) is 0. The molecule has 3 heterocycles. The van der Waals surface area contributed by atoms with Crippen LogP contribution in [0.1, 0.15) is 0 Å². The van der Waals surface area contributed by atoms with Crippen molar-refractivity contribution in [2.45, 2.75) is 0 Å². The summed E-state index contributed by atoms with van der Waals surface area (Å²) in [6, 6.07) is 46.2. The Labute approximate surface area is 214 Å². The number of rotatable bonds is 5. The molecule has 0 bridgehead atoms. The fourth-order valence-corrected chi connectivity index (χ4v) is 4.94. The summed E-state index contributed by atoms with van der Waals surface area (Å²) in [5.41, 5.74) is 8.47. The number of anilines is 3. The Balaban J connectivity index is 1.34. The average Bonchev–Trinajstić information content (AvgIpc) is 3.59. The molecular weight excluding hydrogens is 452 g/mol. The summed E-state index contributed by atoms with van der Waals surface area (Å²) < 4.78 is 0. The second-order valence-electron chi connectivity index (χ2n) is 9.14. The molecule has 0 atom stereocenters. The predicted octanol–water partition coefficient (Wildman–Crippen LogP) is 8.85. The third-order valence-corrected chi connectivity index (χ3v) is 6.73. The maximum Gasteiger partial charge on any atom is 0.138 e. The van der Waals surface area contributed by atoms with Gasteiger partial charge in [0.1, 0.15) is 5.82 Å². The number of pyridine rings is 1. The van der Waals surface area contributed by atoms with Gasteiger partial charge < -0.3 is 9.97 Å². The summed E-state index contributed by atoms with van der Waals surface area (Å²) >= 11 is 0. The van der Waals surface area contributed by atoms with Crippen LogP contribution in [0.5, 0.6) is 0 Å². The molecule has 4 heteroatoms. The van der Waals surface area contributed by atoms with E-state index in [4.69, 9.17) is 4.98 Å². The van der Waals surface area contributed by atoms with Gasteiger partial charge >= 0.3 is 0 Å². The lowest BCUT2D eigenvalue weighted by atomic mass is 10.1. The van der Waals surface area contributed by atoms with Crippen LogP contribution in [-0.4, -0.2) is 15.0 Å². The Bertz CT molecular complexity index is 1660. The smallest absolute Gasteiger partial charge is 0.138 e. The minimum Gasteiger partial charge on any atom is -0.355 e. The zero-order valence-corrected chi connectivity index (χ0v) is 20.1. The molecule has 0 saturated carbocycles. The highest BCUT2D eigenvalue weighted by Crippen LogP contribution is 2.36. The molecule has 0 radical (unpaired) electrons. The minimum absolute atomic E-state index is 0.858. The number of benzene rings is 4. The van der Waals surface area contributed by atoms with Gasteiger partial charge in [-0.1, -0.05) is 72.8 Å². The highest BCUT2D eigenvalue weighted by Gasteiger charge is 2.16. The molecule has 0 spiro atoms. The molecule has 4 aromatic carbocycles. The first-order valence-corrected chi connectivity index (χ1v) is 12.4. The summed E-state index contributed by atoms with van der Waals surface area (Å²) in [5, 5.41) is 2.38. The summed E-state index contributed by atoms with van der Waals surface area (Å²) in [5.74, 6) is 0.858. The second-order valence-corrected chi connectivity index (χ2v) is 9.14. The van der Waals surface area contributed by atoms with Gasteiger partial charge in [0, 0.05) is 44.4 Å². The van der Waals surface area contributed by atoms with Crippen molar-refractivity contribution >= 4 is 39.0 Å². The van der Waals surface area contributed by atoms with Crippen molar-refractivity contribution in [2.75, 3.05) is 4.90 Å². The minimum atomic E-state index is 0.858. The zero-order valence-electron chi connectivity index (χ0n) is 20.1. The predicted molar refractivity (Wildman–Crippen MR) is 154 cm³/mol. The number of nitrogens with one attached hydrogen (secondary N) is 2. The van der Waals surface area contributed by atoms with Gasteiger partial charge in [-0.3, -0.25) is 4.90 Å². The number of fused-ring (bicyclic) bond motifs is 2. The molecule has 0 fully saturated rings. The van der Waals surface area contributed by atoms with E-state index in [2.05, 4.69) is 136 Å². The summed E-state index contributed by atoms with van der Waals surface area (Å²) in [4.78, 5) is 14.4. The highest BCUT2D eigenvalue weighted by atomic mass is 15.2. The fraction of sp³-hybridized carbons (Fsp3) is 0. The van der Waals surface area contributed by atoms with Gasteiger partial charge in [0.25, 0.3) is 0 Å². The second kappa shape index (κ2) is 8.85. The third kappa shape index (κ3) is 3.95. The van der Waals surface area contributed by atoms with Gasteiger partial charge in [0.05, 0.1) is 11.4 Å². The highest BCUT2D eigenvalue weighted by molar-refractivity contribution is 5.88. The first-order valence-electron chi connectivity index (χ1n) is 12.4. The van der Waals surface area contributed by atoms with E-state index in [9.17, 15) is 0 Å². The number of aromatic nitrogens is 3. The van der Waals surface area contributed by atoms with Crippen LogP contribution in [0, 0.1) is 0 Å². The summed E-state index contributed by atoms with van der Waals surface area (Å²) in [6.07, 6.45) is 0. The topological polar surface area (TPSA) is 47.7 Å². The maximum atomic E-state index is 5.12. The van der Waals surface area contributed by atoms with Crippen LogP contribution in [0.4, 0.5) is 17.2 Å². The van der Waals surface area contributed by atoms with E-state index in [1.54, 1.807) is 0 Å². The van der Waals surface area contributed by atoms with Gasteiger partial charge in [0.15, 0.2) is 0 Å². The lowest BCUT2D eigenvalue weighted by Gasteiger charge is -2.25. The maximum absolute atomic E-state index is 5.12. The van der Waals surface area contributed by atoms with Gasteiger partial charge in [0.2, 0.25) is 0 Å². The van der Waals surface area contributed by atoms with Crippen molar-refractivity contribution in [2.24, 2.45) is 0 Å². The Kier molecular flexibility index (Phi) is 5.07. The number of nitrogens with zero attached hydrogens (tertiary/aromatic N) is 2. The van der Waals surface area contributed by atoms with Gasteiger partial charge in [-0.15, -0.1) is 0 Å². The van der Waals surface area contributed by atoms with Gasteiger partial charge in [-0.25, -0.2) is 4.98 Å². The number of hydrogen-bond donors (Lipinski definition) is 2. The normalized spacial score (nSPS) is 11.2. The quantitative estimate of drug-likeness (QED) is 0.261. The van der Waals surface area contributed by atoms with Crippen LogP contribution in [0.15, 0.2) is 133 Å². The molecular formula is C33H24N4. The van der Waals surface area contributed by atoms with Crippen molar-refractivity contribution < 1.29 is 0 Å². The lowest BCUT2D eigenvalue weighted by Crippen LogP contribution is -2.11. The monoisotopic (exact) mass is 476 g/mol. The van der Waals surface area contributed by atoms with E-state index < -0.39 is 0 Å². The molecule has 4 nitrogen and oxygen atoms in total. The van der Waals surface area contributed by atoms with Crippen molar-refractivity contribution in [3.8, 4) is 22.6 Å². The number of H-pyrrole nitrogens is 2. The van der Waals surface area contributed by atoms with E-state index in [0.29, 0.717) is 0 Å². The number of para-hydroxylation sites is 3. The first-order chi connectivity index (χ1) is 18.3. The van der Waals surface area contributed by atoms with Crippen molar-refractivity contribution in [3.63, 3.8) is 0 Å². The van der Waals surface area contributed by atoms with Crippen LogP contribution in [0.25, 0.3) is 44.5 Å². The Morgan fingerprint density at radius 2 is 1.11 bits per heavy atom. The summed E-state index contributed by atoms with van der Waals surface area (Å²) in [7, 11) is 0. The number of aromatic amines is 2. The van der Waals surface area contributed by atoms with E-state index in [0.717, 1.165) is 50.9 Å². The van der Waals surface area contributed by atoms with Crippen LogP contribution in [0.2, 0.25) is 0 Å². The molecule has 0 aliphatic heterocycles. The molecule has 37 heavy (non-hydrogen) atoms. The average molecular weight is 477 g/mol. The van der Waals surface area contributed by atoms with Crippen molar-refractivity contribution in [3.05, 3.63) is 133 Å².